The third kappa shape index (κ3) is 2.69. The number of nitrogens with zero attached hydrogens (tertiary/aromatic N) is 4. The smallest absolute Gasteiger partial charge is 0.202 e. The van der Waals surface area contributed by atoms with Crippen molar-refractivity contribution >= 4 is 16.7 Å². The van der Waals surface area contributed by atoms with Crippen molar-refractivity contribution < 1.29 is 0 Å². The highest BCUT2D eigenvalue weighted by Crippen LogP contribution is 2.23. The monoisotopic (exact) mass is 265 g/mol. The summed E-state index contributed by atoms with van der Waals surface area (Å²) in [7, 11) is 1.95. The van der Waals surface area contributed by atoms with Crippen LogP contribution in [0.25, 0.3) is 0 Å². The van der Waals surface area contributed by atoms with Crippen molar-refractivity contribution in [3.8, 4) is 0 Å². The molecule has 2 aromatic rings. The molecule has 0 aliphatic carbocycles. The maximum atomic E-state index is 4.50. The summed E-state index contributed by atoms with van der Waals surface area (Å²) in [5.74, 6) is 0.887. The summed E-state index contributed by atoms with van der Waals surface area (Å²) in [5.41, 5.74) is 2.36. The van der Waals surface area contributed by atoms with Crippen LogP contribution >= 0.6 is 11.5 Å². The highest BCUT2D eigenvalue weighted by Gasteiger charge is 2.19. The van der Waals surface area contributed by atoms with Gasteiger partial charge in [0.15, 0.2) is 0 Å². The molecule has 0 bridgehead atoms. The van der Waals surface area contributed by atoms with Crippen molar-refractivity contribution in [2.24, 2.45) is 7.05 Å². The van der Waals surface area contributed by atoms with Crippen LogP contribution in [0, 0.1) is 6.92 Å². The van der Waals surface area contributed by atoms with Gasteiger partial charge >= 0.3 is 0 Å². The maximum Gasteiger partial charge on any atom is 0.202 e. The Balaban J connectivity index is 2.03. The molecule has 0 saturated heterocycles. The normalized spacial score (nSPS) is 11.8. The molecule has 0 aliphatic rings. The van der Waals surface area contributed by atoms with Gasteiger partial charge in [-0.1, -0.05) is 20.8 Å². The van der Waals surface area contributed by atoms with Crippen LogP contribution in [-0.2, 0) is 19.0 Å². The lowest BCUT2D eigenvalue weighted by Crippen LogP contribution is -2.13. The molecule has 0 saturated carbocycles. The van der Waals surface area contributed by atoms with Crippen molar-refractivity contribution in [1.29, 1.82) is 0 Å². The molecule has 1 N–H and O–H groups in total. The van der Waals surface area contributed by atoms with Gasteiger partial charge in [0, 0.05) is 41.8 Å². The van der Waals surface area contributed by atoms with E-state index >= 15 is 0 Å². The molecular weight excluding hydrogens is 246 g/mol. The number of hydrogen-bond donors (Lipinski definition) is 1. The van der Waals surface area contributed by atoms with E-state index in [1.54, 1.807) is 0 Å². The molecule has 2 aromatic heterocycles. The predicted octanol–water partition coefficient (Wildman–Crippen LogP) is 2.49. The summed E-state index contributed by atoms with van der Waals surface area (Å²) < 4.78 is 6.25. The Morgan fingerprint density at radius 3 is 2.61 bits per heavy atom. The molecule has 0 aliphatic heterocycles. The number of aryl methyl sites for hydroxylation is 1. The van der Waals surface area contributed by atoms with Gasteiger partial charge in [-0.25, -0.2) is 4.98 Å². The standard InChI is InChI=1S/C12H19N5S/c1-8-9(7-14-17(8)5)6-13-11-15-10(16-18-11)12(2,3)4/h7H,6H2,1-5H3,(H,13,15,16). The van der Waals surface area contributed by atoms with E-state index < -0.39 is 0 Å². The summed E-state index contributed by atoms with van der Waals surface area (Å²) in [4.78, 5) is 4.50. The number of hydrogen-bond acceptors (Lipinski definition) is 5. The van der Waals surface area contributed by atoms with Crippen molar-refractivity contribution in [1.82, 2.24) is 19.1 Å². The lowest BCUT2D eigenvalue weighted by atomic mass is 9.96. The van der Waals surface area contributed by atoms with Gasteiger partial charge in [0.05, 0.1) is 6.20 Å². The number of aromatic nitrogens is 4. The quantitative estimate of drug-likeness (QED) is 0.926. The predicted molar refractivity (Wildman–Crippen MR) is 73.9 cm³/mol. The number of anilines is 1. The van der Waals surface area contributed by atoms with Gasteiger partial charge in [-0.2, -0.15) is 9.47 Å². The Morgan fingerprint density at radius 1 is 1.39 bits per heavy atom. The van der Waals surface area contributed by atoms with Gasteiger partial charge in [0.25, 0.3) is 0 Å². The molecule has 6 heteroatoms. The van der Waals surface area contributed by atoms with Crippen molar-refractivity contribution in [2.75, 3.05) is 5.32 Å². The SMILES string of the molecule is Cc1c(CNc2nc(C(C)(C)C)ns2)cnn1C. The fourth-order valence-corrected chi connectivity index (χ4v) is 2.24. The molecule has 0 fully saturated rings. The van der Waals surface area contributed by atoms with Crippen LogP contribution in [-0.4, -0.2) is 19.1 Å². The first-order valence-corrected chi connectivity index (χ1v) is 6.71. The van der Waals surface area contributed by atoms with Gasteiger partial charge in [-0.15, -0.1) is 0 Å². The summed E-state index contributed by atoms with van der Waals surface area (Å²) in [6.45, 7) is 9.14. The van der Waals surface area contributed by atoms with E-state index in [-0.39, 0.29) is 5.41 Å². The third-order valence-electron chi connectivity index (χ3n) is 2.86. The minimum Gasteiger partial charge on any atom is -0.356 e. The van der Waals surface area contributed by atoms with Gasteiger partial charge in [-0.05, 0) is 6.92 Å². The molecule has 5 nitrogen and oxygen atoms in total. The number of nitrogens with one attached hydrogen (secondary N) is 1. The number of rotatable bonds is 3. The zero-order valence-electron chi connectivity index (χ0n) is 11.5. The van der Waals surface area contributed by atoms with Crippen LogP contribution in [0.5, 0.6) is 0 Å². The van der Waals surface area contributed by atoms with E-state index in [0.717, 1.165) is 17.5 Å². The molecule has 2 rings (SSSR count). The Bertz CT molecular complexity index is 535. The topological polar surface area (TPSA) is 55.6 Å². The molecule has 18 heavy (non-hydrogen) atoms. The average Bonchev–Trinajstić information content (AvgIpc) is 2.86. The zero-order valence-corrected chi connectivity index (χ0v) is 12.3. The molecule has 0 atom stereocenters. The van der Waals surface area contributed by atoms with Gasteiger partial charge in [-0.3, -0.25) is 4.68 Å². The van der Waals surface area contributed by atoms with Crippen molar-refractivity contribution in [3.05, 3.63) is 23.3 Å². The van der Waals surface area contributed by atoms with Crippen LogP contribution in [0.4, 0.5) is 5.13 Å². The Kier molecular flexibility index (Phi) is 3.38. The minimum absolute atomic E-state index is 0.000644. The van der Waals surface area contributed by atoms with E-state index in [0.29, 0.717) is 0 Å². The van der Waals surface area contributed by atoms with E-state index in [9.17, 15) is 0 Å². The summed E-state index contributed by atoms with van der Waals surface area (Å²) in [6.07, 6.45) is 1.88. The zero-order chi connectivity index (χ0) is 13.3. The van der Waals surface area contributed by atoms with Crippen LogP contribution in [0.15, 0.2) is 6.20 Å². The van der Waals surface area contributed by atoms with Crippen LogP contribution in [0.1, 0.15) is 37.9 Å². The van der Waals surface area contributed by atoms with Crippen LogP contribution < -0.4 is 5.32 Å². The molecule has 0 amide bonds. The lowest BCUT2D eigenvalue weighted by molar-refractivity contribution is 0.555. The summed E-state index contributed by atoms with van der Waals surface area (Å²) in [6, 6.07) is 0. The van der Waals surface area contributed by atoms with Crippen molar-refractivity contribution in [2.45, 2.75) is 39.7 Å². The average molecular weight is 265 g/mol. The first-order valence-electron chi connectivity index (χ1n) is 5.93. The molecule has 0 unspecified atom stereocenters. The molecule has 98 valence electrons. The highest BCUT2D eigenvalue weighted by atomic mass is 32.1. The Labute approximate surface area is 111 Å². The summed E-state index contributed by atoms with van der Waals surface area (Å²) >= 11 is 1.41. The minimum atomic E-state index is 0.000644. The van der Waals surface area contributed by atoms with Crippen LogP contribution in [0.2, 0.25) is 0 Å². The van der Waals surface area contributed by atoms with Gasteiger partial charge < -0.3 is 5.32 Å². The van der Waals surface area contributed by atoms with Gasteiger partial charge in [0.1, 0.15) is 5.82 Å². The first-order chi connectivity index (χ1) is 8.38. The van der Waals surface area contributed by atoms with Gasteiger partial charge in [0.2, 0.25) is 5.13 Å². The fraction of sp³-hybridized carbons (Fsp3) is 0.583. The Morgan fingerprint density at radius 2 is 2.11 bits per heavy atom. The van der Waals surface area contributed by atoms with Crippen molar-refractivity contribution in [3.63, 3.8) is 0 Å². The summed E-state index contributed by atoms with van der Waals surface area (Å²) in [5, 5.41) is 8.38. The molecule has 0 radical (unpaired) electrons. The second kappa shape index (κ2) is 4.68. The largest absolute Gasteiger partial charge is 0.356 e. The molecule has 0 aromatic carbocycles. The molecule has 2 heterocycles. The van der Waals surface area contributed by atoms with E-state index in [2.05, 4.69) is 47.5 Å². The fourth-order valence-electron chi connectivity index (χ4n) is 1.49. The lowest BCUT2D eigenvalue weighted by Gasteiger charge is -2.12. The van der Waals surface area contributed by atoms with Crippen LogP contribution in [0.3, 0.4) is 0 Å². The van der Waals surface area contributed by atoms with E-state index in [1.807, 2.05) is 17.9 Å². The second-order valence-corrected chi connectivity index (χ2v) is 6.16. The highest BCUT2D eigenvalue weighted by molar-refractivity contribution is 7.09. The molecular formula is C12H19N5S. The second-order valence-electron chi connectivity index (χ2n) is 5.41. The van der Waals surface area contributed by atoms with E-state index in [1.165, 1.54) is 22.8 Å². The first kappa shape index (κ1) is 13.0. The Hall–Kier alpha value is -1.43. The maximum absolute atomic E-state index is 4.50. The molecule has 0 spiro atoms. The van der Waals surface area contributed by atoms with E-state index in [4.69, 9.17) is 0 Å². The third-order valence-corrected chi connectivity index (χ3v) is 3.54.